The molecule has 0 amide bonds. The lowest BCUT2D eigenvalue weighted by Crippen LogP contribution is -2.08. The molecule has 1 aromatic carbocycles. The van der Waals surface area contributed by atoms with Crippen molar-refractivity contribution in [1.82, 2.24) is 19.5 Å². The molecule has 9 nitrogen and oxygen atoms in total. The molecule has 0 fully saturated rings. The summed E-state index contributed by atoms with van der Waals surface area (Å²) in [5.41, 5.74) is 1.35. The first kappa shape index (κ1) is 19.5. The number of aryl methyl sites for hydroxylation is 1. The summed E-state index contributed by atoms with van der Waals surface area (Å²) >= 11 is 0. The Labute approximate surface area is 164 Å². The number of benzene rings is 1. The van der Waals surface area contributed by atoms with Crippen molar-refractivity contribution in [3.05, 3.63) is 24.3 Å². The molecule has 0 saturated carbocycles. The van der Waals surface area contributed by atoms with Gasteiger partial charge in [-0.2, -0.15) is 15.0 Å². The number of hydrogen-bond acceptors (Lipinski definition) is 8. The van der Waals surface area contributed by atoms with Gasteiger partial charge in [-0.3, -0.25) is 0 Å². The lowest BCUT2D eigenvalue weighted by molar-refractivity contribution is 0.418. The van der Waals surface area contributed by atoms with E-state index in [2.05, 4.69) is 42.7 Å². The summed E-state index contributed by atoms with van der Waals surface area (Å²) in [6.45, 7) is 8.12. The van der Waals surface area contributed by atoms with E-state index in [9.17, 15) is 5.11 Å². The van der Waals surface area contributed by atoms with Crippen molar-refractivity contribution in [3.8, 4) is 5.88 Å². The zero-order chi connectivity index (χ0) is 19.9. The predicted molar refractivity (Wildman–Crippen MR) is 111 cm³/mol. The maximum Gasteiger partial charge on any atom is 0.275 e. The molecule has 0 atom stereocenters. The van der Waals surface area contributed by atoms with Crippen molar-refractivity contribution in [2.75, 3.05) is 23.7 Å². The second kappa shape index (κ2) is 9.12. The molecule has 0 radical (unpaired) electrons. The third-order valence-electron chi connectivity index (χ3n) is 4.19. The number of nitrogens with zero attached hydrogens (tertiary/aromatic N) is 6. The van der Waals surface area contributed by atoms with Crippen LogP contribution in [0.15, 0.2) is 34.5 Å². The van der Waals surface area contributed by atoms with Gasteiger partial charge in [-0.25, -0.2) is 0 Å². The number of aromatic hydroxyl groups is 1. The molecule has 3 rings (SSSR count). The molecule has 2 heterocycles. The minimum Gasteiger partial charge on any atom is -0.493 e. The molecular formula is C19H26N8O. The second-order valence-corrected chi connectivity index (χ2v) is 6.24. The van der Waals surface area contributed by atoms with E-state index in [-0.39, 0.29) is 11.8 Å². The summed E-state index contributed by atoms with van der Waals surface area (Å²) in [5.74, 6) is 1.13. The highest BCUT2D eigenvalue weighted by Gasteiger charge is 2.16. The Hall–Kier alpha value is -3.23. The molecule has 0 aliphatic carbocycles. The van der Waals surface area contributed by atoms with Gasteiger partial charge in [0.1, 0.15) is 0 Å². The zero-order valence-electron chi connectivity index (χ0n) is 16.5. The summed E-state index contributed by atoms with van der Waals surface area (Å²) in [7, 11) is 0. The topological polar surface area (TPSA) is 113 Å². The molecule has 2 aromatic heterocycles. The first-order valence-electron chi connectivity index (χ1n) is 9.63. The van der Waals surface area contributed by atoms with Gasteiger partial charge in [0.25, 0.3) is 5.95 Å². The fraction of sp³-hybridized carbons (Fsp3) is 0.421. The molecule has 148 valence electrons. The number of unbranched alkanes of at least 4 members (excludes halogenated alkanes) is 1. The summed E-state index contributed by atoms with van der Waals surface area (Å²) < 4.78 is 1.87. The quantitative estimate of drug-likeness (QED) is 0.466. The summed E-state index contributed by atoms with van der Waals surface area (Å²) in [5, 5.41) is 26.1. The van der Waals surface area contributed by atoms with E-state index in [1.54, 1.807) is 0 Å². The number of fused-ring (bicyclic) bond motifs is 1. The Bertz CT molecular complexity index is 942. The van der Waals surface area contributed by atoms with Crippen LogP contribution in [0.4, 0.5) is 23.5 Å². The van der Waals surface area contributed by atoms with Gasteiger partial charge in [-0.1, -0.05) is 31.5 Å². The average molecular weight is 382 g/mol. The molecule has 0 bridgehead atoms. The summed E-state index contributed by atoms with van der Waals surface area (Å²) in [6.07, 6.45) is 2.00. The number of nitrogens with one attached hydrogen (secondary N) is 2. The molecule has 0 spiro atoms. The molecule has 28 heavy (non-hydrogen) atoms. The van der Waals surface area contributed by atoms with E-state index in [0.717, 1.165) is 30.3 Å². The standard InChI is InChI=1S/C19H26N8O/c1-4-7-12-27-14-11-9-8-10-13(14)15(16(27)28)25-26-19-23-17(20-5-2)22-18(24-19)21-6-3/h8-11,28H,4-7,12H2,1-3H3,(H2,20,21,22,23,24). The number of hydrogen-bond donors (Lipinski definition) is 3. The van der Waals surface area contributed by atoms with Crippen LogP contribution in [0.3, 0.4) is 0 Å². The van der Waals surface area contributed by atoms with Crippen molar-refractivity contribution in [2.45, 2.75) is 40.2 Å². The molecule has 0 unspecified atom stereocenters. The molecule has 9 heteroatoms. The zero-order valence-corrected chi connectivity index (χ0v) is 16.5. The Morgan fingerprint density at radius 2 is 1.64 bits per heavy atom. The third kappa shape index (κ3) is 4.19. The fourth-order valence-corrected chi connectivity index (χ4v) is 2.89. The van der Waals surface area contributed by atoms with Crippen molar-refractivity contribution in [2.24, 2.45) is 10.2 Å². The van der Waals surface area contributed by atoms with Crippen molar-refractivity contribution < 1.29 is 5.11 Å². The number of anilines is 2. The molecule has 3 aromatic rings. The highest BCUT2D eigenvalue weighted by atomic mass is 16.3. The number of para-hydroxylation sites is 1. The van der Waals surface area contributed by atoms with E-state index in [0.29, 0.717) is 30.7 Å². The van der Waals surface area contributed by atoms with Crippen molar-refractivity contribution in [1.29, 1.82) is 0 Å². The molecule has 0 aliphatic heterocycles. The van der Waals surface area contributed by atoms with Crippen LogP contribution in [0.5, 0.6) is 5.88 Å². The van der Waals surface area contributed by atoms with Gasteiger partial charge in [0, 0.05) is 25.0 Å². The van der Waals surface area contributed by atoms with Crippen LogP contribution >= 0.6 is 0 Å². The first-order valence-corrected chi connectivity index (χ1v) is 9.63. The minimum atomic E-state index is 0.103. The monoisotopic (exact) mass is 382 g/mol. The number of aromatic nitrogens is 4. The van der Waals surface area contributed by atoms with Crippen LogP contribution in [0.1, 0.15) is 33.6 Å². The Balaban J connectivity index is 2.00. The van der Waals surface area contributed by atoms with Gasteiger partial charge in [0.2, 0.25) is 17.8 Å². The first-order chi connectivity index (χ1) is 13.7. The van der Waals surface area contributed by atoms with Crippen LogP contribution in [-0.4, -0.2) is 37.7 Å². The lowest BCUT2D eigenvalue weighted by Gasteiger charge is -2.05. The number of rotatable bonds is 9. The van der Waals surface area contributed by atoms with Gasteiger partial charge in [-0.05, 0) is 26.3 Å². The Kier molecular flexibility index (Phi) is 6.36. The van der Waals surface area contributed by atoms with Gasteiger partial charge in [-0.15, -0.1) is 10.2 Å². The van der Waals surface area contributed by atoms with Gasteiger partial charge >= 0.3 is 0 Å². The normalized spacial score (nSPS) is 11.4. The predicted octanol–water partition coefficient (Wildman–Crippen LogP) is 4.61. The van der Waals surface area contributed by atoms with Crippen molar-refractivity contribution >= 4 is 34.4 Å². The van der Waals surface area contributed by atoms with Crippen LogP contribution in [-0.2, 0) is 6.54 Å². The average Bonchev–Trinajstić information content (AvgIpc) is 2.96. The lowest BCUT2D eigenvalue weighted by atomic mass is 10.2. The fourth-order valence-electron chi connectivity index (χ4n) is 2.89. The van der Waals surface area contributed by atoms with Crippen LogP contribution in [0.2, 0.25) is 0 Å². The van der Waals surface area contributed by atoms with E-state index >= 15 is 0 Å². The molecule has 0 aliphatic rings. The van der Waals surface area contributed by atoms with Gasteiger partial charge in [0.15, 0.2) is 5.69 Å². The third-order valence-corrected chi connectivity index (χ3v) is 4.19. The maximum absolute atomic E-state index is 10.7. The molecular weight excluding hydrogens is 356 g/mol. The number of azo groups is 1. The maximum atomic E-state index is 10.7. The van der Waals surface area contributed by atoms with Crippen LogP contribution < -0.4 is 10.6 Å². The SMILES string of the molecule is CCCCn1c(O)c(N=Nc2nc(NCC)nc(NCC)n2)c2ccccc21. The minimum absolute atomic E-state index is 0.103. The second-order valence-electron chi connectivity index (χ2n) is 6.24. The van der Waals surface area contributed by atoms with Crippen LogP contribution in [0, 0.1) is 0 Å². The molecule has 3 N–H and O–H groups in total. The van der Waals surface area contributed by atoms with Crippen molar-refractivity contribution in [3.63, 3.8) is 0 Å². The Morgan fingerprint density at radius 1 is 0.964 bits per heavy atom. The van der Waals surface area contributed by atoms with E-state index in [1.165, 1.54) is 0 Å². The highest BCUT2D eigenvalue weighted by molar-refractivity contribution is 5.94. The van der Waals surface area contributed by atoms with E-state index in [4.69, 9.17) is 0 Å². The van der Waals surface area contributed by atoms with E-state index in [1.807, 2.05) is 42.7 Å². The highest BCUT2D eigenvalue weighted by Crippen LogP contribution is 2.39. The largest absolute Gasteiger partial charge is 0.493 e. The molecule has 0 saturated heterocycles. The van der Waals surface area contributed by atoms with Crippen LogP contribution in [0.25, 0.3) is 10.9 Å². The van der Waals surface area contributed by atoms with Gasteiger partial charge in [0.05, 0.1) is 5.52 Å². The Morgan fingerprint density at radius 3 is 2.29 bits per heavy atom. The van der Waals surface area contributed by atoms with Gasteiger partial charge < -0.3 is 20.3 Å². The summed E-state index contributed by atoms with van der Waals surface area (Å²) in [4.78, 5) is 12.8. The summed E-state index contributed by atoms with van der Waals surface area (Å²) in [6, 6.07) is 7.76. The smallest absolute Gasteiger partial charge is 0.275 e. The van der Waals surface area contributed by atoms with E-state index < -0.39 is 0 Å².